The topological polar surface area (TPSA) is 50.1 Å². The number of nitriles is 1. The molecule has 3 nitrogen and oxygen atoms in total. The Bertz CT molecular complexity index is 722. The van der Waals surface area contributed by atoms with Crippen molar-refractivity contribution in [2.45, 2.75) is 5.92 Å². The Balaban J connectivity index is 2.40. The van der Waals surface area contributed by atoms with E-state index in [0.29, 0.717) is 21.3 Å². The van der Waals surface area contributed by atoms with E-state index in [-0.39, 0.29) is 5.78 Å². The Kier molecular flexibility index (Phi) is 5.16. The van der Waals surface area contributed by atoms with Crippen molar-refractivity contribution in [3.05, 3.63) is 62.5 Å². The average Bonchev–Trinajstić information content (AvgIpc) is 2.49. The highest BCUT2D eigenvalue weighted by atomic mass is 79.9. The number of carbonyl (C=O) groups excluding carboxylic acids is 1. The molecule has 1 atom stereocenters. The van der Waals surface area contributed by atoms with Crippen molar-refractivity contribution < 1.29 is 9.53 Å². The molecule has 0 bridgehead atoms. The molecule has 0 amide bonds. The molecule has 106 valence electrons. The van der Waals surface area contributed by atoms with Gasteiger partial charge in [0.1, 0.15) is 11.7 Å². The predicted octanol–water partition coefficient (Wildman–Crippen LogP) is 4.71. The zero-order valence-electron chi connectivity index (χ0n) is 11.1. The molecule has 2 aromatic carbocycles. The van der Waals surface area contributed by atoms with Gasteiger partial charge in [-0.15, -0.1) is 0 Å². The summed E-state index contributed by atoms with van der Waals surface area (Å²) < 4.78 is 6.57. The largest absolute Gasteiger partial charge is 0.496 e. The van der Waals surface area contributed by atoms with Crippen molar-refractivity contribution in [2.75, 3.05) is 7.11 Å². The first kappa shape index (κ1) is 15.7. The third-order valence-electron chi connectivity index (χ3n) is 3.04. The summed E-state index contributed by atoms with van der Waals surface area (Å²) in [5.41, 5.74) is 1.13. The lowest BCUT2D eigenvalue weighted by molar-refractivity contribution is 0.0978. The molecular formula is C16H11Br2NO2. The van der Waals surface area contributed by atoms with E-state index in [1.54, 1.807) is 31.4 Å². The van der Waals surface area contributed by atoms with E-state index in [1.807, 2.05) is 18.2 Å². The maximum atomic E-state index is 12.6. The zero-order chi connectivity index (χ0) is 15.4. The lowest BCUT2D eigenvalue weighted by atomic mass is 9.92. The number of benzene rings is 2. The van der Waals surface area contributed by atoms with E-state index in [1.165, 1.54) is 0 Å². The van der Waals surface area contributed by atoms with Crippen molar-refractivity contribution in [1.82, 2.24) is 0 Å². The van der Waals surface area contributed by atoms with E-state index in [9.17, 15) is 10.1 Å². The number of carbonyl (C=O) groups is 1. The van der Waals surface area contributed by atoms with Gasteiger partial charge in [0.2, 0.25) is 0 Å². The number of Topliss-reactive ketones (excluding diaryl/α,β-unsaturated/α-hetero) is 1. The molecular weight excluding hydrogens is 398 g/mol. The van der Waals surface area contributed by atoms with Gasteiger partial charge in [0.05, 0.1) is 17.7 Å². The number of rotatable bonds is 4. The number of methoxy groups -OCH3 is 1. The van der Waals surface area contributed by atoms with E-state index in [2.05, 4.69) is 37.9 Å². The SMILES string of the molecule is COc1ccc(C(=O)C(C#N)c2ccccc2Br)cc1Br. The van der Waals surface area contributed by atoms with Crippen LogP contribution in [0.15, 0.2) is 51.4 Å². The number of ether oxygens (including phenoxy) is 1. The molecule has 0 aromatic heterocycles. The van der Waals surface area contributed by atoms with Crippen LogP contribution in [-0.4, -0.2) is 12.9 Å². The Hall–Kier alpha value is -1.64. The van der Waals surface area contributed by atoms with Crippen LogP contribution in [0.5, 0.6) is 5.75 Å². The van der Waals surface area contributed by atoms with Gasteiger partial charge in [0.15, 0.2) is 5.78 Å². The van der Waals surface area contributed by atoms with Crippen molar-refractivity contribution in [2.24, 2.45) is 0 Å². The molecule has 0 heterocycles. The first-order valence-corrected chi connectivity index (χ1v) is 7.69. The predicted molar refractivity (Wildman–Crippen MR) is 87.5 cm³/mol. The fraction of sp³-hybridized carbons (Fsp3) is 0.125. The molecule has 21 heavy (non-hydrogen) atoms. The maximum Gasteiger partial charge on any atom is 0.184 e. The average molecular weight is 409 g/mol. The summed E-state index contributed by atoms with van der Waals surface area (Å²) in [5, 5.41) is 9.38. The van der Waals surface area contributed by atoms with Crippen LogP contribution in [-0.2, 0) is 0 Å². The van der Waals surface area contributed by atoms with Gasteiger partial charge in [0.25, 0.3) is 0 Å². The molecule has 0 saturated carbocycles. The van der Waals surface area contributed by atoms with Crippen molar-refractivity contribution >= 4 is 37.6 Å². The smallest absolute Gasteiger partial charge is 0.184 e. The van der Waals surface area contributed by atoms with Gasteiger partial charge in [-0.2, -0.15) is 5.26 Å². The molecule has 0 saturated heterocycles. The molecule has 0 aliphatic heterocycles. The zero-order valence-corrected chi connectivity index (χ0v) is 14.3. The highest BCUT2D eigenvalue weighted by Gasteiger charge is 2.24. The second-order valence-corrected chi connectivity index (χ2v) is 6.01. The van der Waals surface area contributed by atoms with Gasteiger partial charge < -0.3 is 4.74 Å². The number of hydrogen-bond acceptors (Lipinski definition) is 3. The van der Waals surface area contributed by atoms with Crippen LogP contribution in [0, 0.1) is 11.3 Å². The monoisotopic (exact) mass is 407 g/mol. The standard InChI is InChI=1S/C16H11Br2NO2/c1-21-15-7-6-10(8-14(15)18)16(20)12(9-19)11-4-2-3-5-13(11)17/h2-8,12H,1H3. The lowest BCUT2D eigenvalue weighted by Gasteiger charge is -2.11. The van der Waals surface area contributed by atoms with Gasteiger partial charge >= 0.3 is 0 Å². The van der Waals surface area contributed by atoms with Gasteiger partial charge in [-0.25, -0.2) is 0 Å². The highest BCUT2D eigenvalue weighted by molar-refractivity contribution is 9.10. The van der Waals surface area contributed by atoms with Gasteiger partial charge in [-0.1, -0.05) is 34.1 Å². The molecule has 0 fully saturated rings. The summed E-state index contributed by atoms with van der Waals surface area (Å²) in [6.45, 7) is 0. The molecule has 0 spiro atoms. The van der Waals surface area contributed by atoms with Crippen LogP contribution in [0.3, 0.4) is 0 Å². The summed E-state index contributed by atoms with van der Waals surface area (Å²) in [5.74, 6) is -0.449. The minimum Gasteiger partial charge on any atom is -0.496 e. The third-order valence-corrected chi connectivity index (χ3v) is 4.39. The molecule has 1 unspecified atom stereocenters. The van der Waals surface area contributed by atoms with Crippen LogP contribution < -0.4 is 4.74 Å². The summed E-state index contributed by atoms with van der Waals surface area (Å²) in [6, 6.07) is 14.3. The number of ketones is 1. The molecule has 5 heteroatoms. The Morgan fingerprint density at radius 3 is 2.48 bits per heavy atom. The molecule has 0 aliphatic rings. The van der Waals surface area contributed by atoms with E-state index < -0.39 is 5.92 Å². The quantitative estimate of drug-likeness (QED) is 0.688. The Morgan fingerprint density at radius 1 is 1.19 bits per heavy atom. The number of hydrogen-bond donors (Lipinski definition) is 0. The number of halogens is 2. The minimum atomic E-state index is -0.846. The molecule has 0 N–H and O–H groups in total. The summed E-state index contributed by atoms with van der Waals surface area (Å²) >= 11 is 6.73. The van der Waals surface area contributed by atoms with Crippen molar-refractivity contribution in [1.29, 1.82) is 5.26 Å². The van der Waals surface area contributed by atoms with E-state index in [4.69, 9.17) is 4.74 Å². The maximum absolute atomic E-state index is 12.6. The van der Waals surface area contributed by atoms with Crippen LogP contribution in [0.25, 0.3) is 0 Å². The van der Waals surface area contributed by atoms with Crippen LogP contribution in [0.2, 0.25) is 0 Å². The second-order valence-electron chi connectivity index (χ2n) is 4.30. The van der Waals surface area contributed by atoms with Crippen molar-refractivity contribution in [3.8, 4) is 11.8 Å². The van der Waals surface area contributed by atoms with Crippen LogP contribution >= 0.6 is 31.9 Å². The molecule has 2 aromatic rings. The van der Waals surface area contributed by atoms with Crippen molar-refractivity contribution in [3.63, 3.8) is 0 Å². The summed E-state index contributed by atoms with van der Waals surface area (Å²) in [7, 11) is 1.56. The minimum absolute atomic E-state index is 0.243. The fourth-order valence-corrected chi connectivity index (χ4v) is 3.02. The summed E-state index contributed by atoms with van der Waals surface area (Å²) in [4.78, 5) is 12.6. The Labute approximate surface area is 139 Å². The van der Waals surface area contributed by atoms with E-state index in [0.717, 1.165) is 4.47 Å². The first-order valence-electron chi connectivity index (χ1n) is 6.10. The molecule has 0 radical (unpaired) electrons. The Morgan fingerprint density at radius 2 is 1.90 bits per heavy atom. The van der Waals surface area contributed by atoms with Gasteiger partial charge in [0, 0.05) is 10.0 Å². The number of nitrogens with zero attached hydrogens (tertiary/aromatic N) is 1. The normalized spacial score (nSPS) is 11.5. The molecule has 0 aliphatic carbocycles. The second kappa shape index (κ2) is 6.88. The van der Waals surface area contributed by atoms with Gasteiger partial charge in [-0.3, -0.25) is 4.79 Å². The van der Waals surface area contributed by atoms with Crippen LogP contribution in [0.1, 0.15) is 21.8 Å². The van der Waals surface area contributed by atoms with Crippen LogP contribution in [0.4, 0.5) is 0 Å². The molecule has 2 rings (SSSR count). The first-order chi connectivity index (χ1) is 10.1. The van der Waals surface area contributed by atoms with E-state index >= 15 is 0 Å². The lowest BCUT2D eigenvalue weighted by Crippen LogP contribution is -2.12. The van der Waals surface area contributed by atoms with Gasteiger partial charge in [-0.05, 0) is 45.8 Å². The highest BCUT2D eigenvalue weighted by Crippen LogP contribution is 2.30. The fourth-order valence-electron chi connectivity index (χ4n) is 1.96. The summed E-state index contributed by atoms with van der Waals surface area (Å²) in [6.07, 6.45) is 0. The third kappa shape index (κ3) is 3.34.